The number of likely N-dealkylation sites (tertiary alicyclic amines) is 1. The van der Waals surface area contributed by atoms with E-state index in [4.69, 9.17) is 15.8 Å². The molecule has 1 saturated heterocycles. The first-order chi connectivity index (χ1) is 17.6. The zero-order chi connectivity index (χ0) is 24.2. The molecular weight excluding hydrogens is 446 g/mol. The van der Waals surface area contributed by atoms with Crippen molar-refractivity contribution in [1.29, 1.82) is 0 Å². The minimum Gasteiger partial charge on any atom is -0.383 e. The molecule has 2 fully saturated rings. The Morgan fingerprint density at radius 3 is 2.58 bits per heavy atom. The maximum atomic E-state index is 6.40. The van der Waals surface area contributed by atoms with Gasteiger partial charge >= 0.3 is 0 Å². The van der Waals surface area contributed by atoms with E-state index in [-0.39, 0.29) is 0 Å². The summed E-state index contributed by atoms with van der Waals surface area (Å²) in [6.45, 7) is 5.85. The van der Waals surface area contributed by atoms with Crippen LogP contribution in [0.5, 0.6) is 0 Å². The van der Waals surface area contributed by atoms with Crippen LogP contribution in [0.2, 0.25) is 0 Å². The molecule has 36 heavy (non-hydrogen) atoms. The maximum Gasteiger partial charge on any atom is 0.164 e. The van der Waals surface area contributed by atoms with Crippen LogP contribution >= 0.6 is 0 Å². The summed E-state index contributed by atoms with van der Waals surface area (Å²) >= 11 is 0. The van der Waals surface area contributed by atoms with E-state index in [1.54, 1.807) is 6.33 Å². The van der Waals surface area contributed by atoms with Crippen molar-refractivity contribution in [2.24, 2.45) is 5.92 Å². The lowest BCUT2D eigenvalue weighted by atomic mass is 9.79. The predicted molar refractivity (Wildman–Crippen MR) is 143 cm³/mol. The Hall–Kier alpha value is -3.84. The number of aryl methyl sites for hydroxylation is 1. The second kappa shape index (κ2) is 8.38. The lowest BCUT2D eigenvalue weighted by molar-refractivity contribution is 0.0880. The van der Waals surface area contributed by atoms with Gasteiger partial charge in [-0.3, -0.25) is 0 Å². The summed E-state index contributed by atoms with van der Waals surface area (Å²) in [4.78, 5) is 16.5. The Morgan fingerprint density at radius 1 is 0.972 bits per heavy atom. The van der Waals surface area contributed by atoms with E-state index in [0.29, 0.717) is 11.9 Å². The number of nitrogens with zero attached hydrogens (tertiary/aromatic N) is 6. The summed E-state index contributed by atoms with van der Waals surface area (Å²) in [5.41, 5.74) is 13.3. The van der Waals surface area contributed by atoms with Crippen LogP contribution in [-0.2, 0) is 0 Å². The lowest BCUT2D eigenvalue weighted by Gasteiger charge is -2.41. The molecule has 4 heterocycles. The SMILES string of the molecule is Cc1cc(-c2ccccc2)nc2cc(-c3nn(C4CC(CN5CCC5)C4)c4ncnc(N)c34)ccc12. The van der Waals surface area contributed by atoms with Gasteiger partial charge in [0, 0.05) is 23.1 Å². The summed E-state index contributed by atoms with van der Waals surface area (Å²) in [7, 11) is 0. The first kappa shape index (κ1) is 21.4. The van der Waals surface area contributed by atoms with Gasteiger partial charge in [0.15, 0.2) is 5.65 Å². The minimum absolute atomic E-state index is 0.354. The normalized spacial score (nSPS) is 19.9. The molecular formula is C29H29N7. The number of hydrogen-bond acceptors (Lipinski definition) is 6. The van der Waals surface area contributed by atoms with Crippen LogP contribution < -0.4 is 5.73 Å². The summed E-state index contributed by atoms with van der Waals surface area (Å²) in [6.07, 6.45) is 5.16. The molecule has 0 bridgehead atoms. The van der Waals surface area contributed by atoms with Gasteiger partial charge < -0.3 is 10.6 Å². The van der Waals surface area contributed by atoms with Gasteiger partial charge in [-0.15, -0.1) is 0 Å². The summed E-state index contributed by atoms with van der Waals surface area (Å²) in [6, 6.07) is 19.2. The largest absolute Gasteiger partial charge is 0.383 e. The van der Waals surface area contributed by atoms with Crippen molar-refractivity contribution in [3.8, 4) is 22.5 Å². The van der Waals surface area contributed by atoms with Crippen LogP contribution in [0.3, 0.4) is 0 Å². The van der Waals surface area contributed by atoms with E-state index in [0.717, 1.165) is 63.2 Å². The topological polar surface area (TPSA) is 85.8 Å². The number of hydrogen-bond donors (Lipinski definition) is 1. The molecule has 3 aromatic heterocycles. The fourth-order valence-corrected chi connectivity index (χ4v) is 5.74. The van der Waals surface area contributed by atoms with Crippen LogP contribution in [0.4, 0.5) is 5.82 Å². The van der Waals surface area contributed by atoms with E-state index in [1.807, 2.05) is 18.2 Å². The highest BCUT2D eigenvalue weighted by Crippen LogP contribution is 2.42. The molecule has 1 saturated carbocycles. The Kier molecular flexibility index (Phi) is 4.99. The van der Waals surface area contributed by atoms with Crippen LogP contribution in [0.25, 0.3) is 44.5 Å². The van der Waals surface area contributed by atoms with Gasteiger partial charge in [0.05, 0.1) is 22.6 Å². The van der Waals surface area contributed by atoms with E-state index in [2.05, 4.69) is 62.9 Å². The second-order valence-electron chi connectivity index (χ2n) is 10.3. The molecule has 5 aromatic rings. The number of rotatable bonds is 5. The van der Waals surface area contributed by atoms with Gasteiger partial charge in [-0.25, -0.2) is 19.6 Å². The highest BCUT2D eigenvalue weighted by atomic mass is 15.3. The van der Waals surface area contributed by atoms with E-state index < -0.39 is 0 Å². The summed E-state index contributed by atoms with van der Waals surface area (Å²) in [5, 5.41) is 7.06. The zero-order valence-electron chi connectivity index (χ0n) is 20.4. The molecule has 2 aromatic carbocycles. The highest BCUT2D eigenvalue weighted by molar-refractivity contribution is 6.00. The van der Waals surface area contributed by atoms with Crippen molar-refractivity contribution in [2.75, 3.05) is 25.4 Å². The minimum atomic E-state index is 0.354. The van der Waals surface area contributed by atoms with Gasteiger partial charge in [0.1, 0.15) is 17.8 Å². The third-order valence-corrected chi connectivity index (χ3v) is 7.90. The van der Waals surface area contributed by atoms with E-state index in [9.17, 15) is 0 Å². The van der Waals surface area contributed by atoms with Gasteiger partial charge in [-0.05, 0) is 62.9 Å². The van der Waals surface area contributed by atoms with Crippen LogP contribution in [0, 0.1) is 12.8 Å². The van der Waals surface area contributed by atoms with Crippen molar-refractivity contribution < 1.29 is 0 Å². The van der Waals surface area contributed by atoms with Crippen molar-refractivity contribution in [1.82, 2.24) is 29.6 Å². The molecule has 0 spiro atoms. The van der Waals surface area contributed by atoms with Gasteiger partial charge in [-0.2, -0.15) is 5.10 Å². The number of anilines is 1. The molecule has 0 amide bonds. The zero-order valence-corrected chi connectivity index (χ0v) is 20.4. The second-order valence-corrected chi connectivity index (χ2v) is 10.3. The Morgan fingerprint density at radius 2 is 1.81 bits per heavy atom. The average Bonchev–Trinajstić information content (AvgIpc) is 3.23. The van der Waals surface area contributed by atoms with Gasteiger partial charge in [-0.1, -0.05) is 42.5 Å². The number of pyridine rings is 1. The molecule has 0 unspecified atom stereocenters. The Balaban J connectivity index is 1.29. The smallest absolute Gasteiger partial charge is 0.164 e. The molecule has 180 valence electrons. The monoisotopic (exact) mass is 475 g/mol. The van der Waals surface area contributed by atoms with Crippen molar-refractivity contribution in [2.45, 2.75) is 32.2 Å². The van der Waals surface area contributed by atoms with Crippen molar-refractivity contribution >= 4 is 27.8 Å². The average molecular weight is 476 g/mol. The molecule has 0 radical (unpaired) electrons. The highest BCUT2D eigenvalue weighted by Gasteiger charge is 2.35. The van der Waals surface area contributed by atoms with Gasteiger partial charge in [0.2, 0.25) is 0 Å². The molecule has 1 aliphatic carbocycles. The van der Waals surface area contributed by atoms with E-state index >= 15 is 0 Å². The molecule has 2 aliphatic rings. The molecule has 7 nitrogen and oxygen atoms in total. The number of aromatic nitrogens is 5. The van der Waals surface area contributed by atoms with Crippen LogP contribution in [-0.4, -0.2) is 49.3 Å². The van der Waals surface area contributed by atoms with Crippen molar-refractivity contribution in [3.63, 3.8) is 0 Å². The summed E-state index contributed by atoms with van der Waals surface area (Å²) < 4.78 is 2.10. The van der Waals surface area contributed by atoms with Crippen molar-refractivity contribution in [3.05, 3.63) is 66.5 Å². The summed E-state index contributed by atoms with van der Waals surface area (Å²) in [5.74, 6) is 1.21. The number of nitrogens with two attached hydrogens (primary N) is 1. The third-order valence-electron chi connectivity index (χ3n) is 7.90. The first-order valence-electron chi connectivity index (χ1n) is 12.8. The number of nitrogen functional groups attached to an aromatic ring is 1. The van der Waals surface area contributed by atoms with Gasteiger partial charge in [0.25, 0.3) is 0 Å². The quantitative estimate of drug-likeness (QED) is 0.373. The fraction of sp³-hybridized carbons (Fsp3) is 0.310. The molecule has 7 heteroatoms. The number of benzene rings is 2. The van der Waals surface area contributed by atoms with E-state index in [1.165, 1.54) is 31.6 Å². The third kappa shape index (κ3) is 3.54. The number of fused-ring (bicyclic) bond motifs is 2. The van der Waals surface area contributed by atoms with Crippen LogP contribution in [0.1, 0.15) is 30.9 Å². The fourth-order valence-electron chi connectivity index (χ4n) is 5.74. The molecule has 2 N–H and O–H groups in total. The maximum absolute atomic E-state index is 6.40. The first-order valence-corrected chi connectivity index (χ1v) is 12.8. The Labute approximate surface area is 210 Å². The molecule has 7 rings (SSSR count). The van der Waals surface area contributed by atoms with Crippen LogP contribution in [0.15, 0.2) is 60.9 Å². The Bertz CT molecular complexity index is 1580. The molecule has 0 atom stereocenters. The predicted octanol–water partition coefficient (Wildman–Crippen LogP) is 5.26. The molecule has 1 aliphatic heterocycles. The standard InChI is InChI=1S/C29H29N7/c1-18-12-24(20-6-3-2-4-7-20)33-25-15-21(8-9-23(18)25)27-26-28(30)31-17-32-29(26)36(34-27)22-13-19(14-22)16-35-10-5-11-35/h2-4,6-9,12,15,17,19,22H,5,10-11,13-14,16H2,1H3,(H2,30,31,32). The lowest BCUT2D eigenvalue weighted by Crippen LogP contribution is -2.44.